The van der Waals surface area contributed by atoms with Gasteiger partial charge in [-0.3, -0.25) is 4.57 Å². The van der Waals surface area contributed by atoms with Crippen molar-refractivity contribution in [2.75, 3.05) is 7.11 Å². The summed E-state index contributed by atoms with van der Waals surface area (Å²) in [6, 6.07) is 18.1. The van der Waals surface area contributed by atoms with Crippen LogP contribution in [0.5, 0.6) is 5.75 Å². The number of benzene rings is 3. The standard InChI is InChI=1S/C23H17ClFN3O3S/c1-31-19-10-5-14(6-11-19)21-26-27-23(32-13-16-2-7-17(25)12-20(16)24)28(21)18-8-3-15(4-9-18)22(29)30/h2-12H,13H2,1H3,(H,29,30). The predicted octanol–water partition coefficient (Wildman–Crippen LogP) is 5.73. The Morgan fingerprint density at radius 1 is 1.09 bits per heavy atom. The van der Waals surface area contributed by atoms with Crippen molar-refractivity contribution in [3.8, 4) is 22.8 Å². The minimum absolute atomic E-state index is 0.181. The van der Waals surface area contributed by atoms with Gasteiger partial charge in [-0.2, -0.15) is 0 Å². The van der Waals surface area contributed by atoms with Crippen molar-refractivity contribution in [1.29, 1.82) is 0 Å². The van der Waals surface area contributed by atoms with Crippen molar-refractivity contribution in [2.45, 2.75) is 10.9 Å². The lowest BCUT2D eigenvalue weighted by molar-refractivity contribution is 0.0697. The molecule has 0 atom stereocenters. The zero-order valence-corrected chi connectivity index (χ0v) is 18.4. The zero-order chi connectivity index (χ0) is 22.7. The van der Waals surface area contributed by atoms with Crippen LogP contribution in [0.25, 0.3) is 17.1 Å². The van der Waals surface area contributed by atoms with E-state index in [0.29, 0.717) is 33.2 Å². The van der Waals surface area contributed by atoms with E-state index in [4.69, 9.17) is 16.3 Å². The molecule has 9 heteroatoms. The fourth-order valence-corrected chi connectivity index (χ4v) is 4.33. The predicted molar refractivity (Wildman–Crippen MR) is 121 cm³/mol. The van der Waals surface area contributed by atoms with Crippen LogP contribution in [0.3, 0.4) is 0 Å². The van der Waals surface area contributed by atoms with Crippen molar-refractivity contribution in [2.24, 2.45) is 0 Å². The van der Waals surface area contributed by atoms with E-state index < -0.39 is 11.8 Å². The molecule has 0 spiro atoms. The van der Waals surface area contributed by atoms with Gasteiger partial charge in [0.25, 0.3) is 0 Å². The maximum absolute atomic E-state index is 13.4. The third kappa shape index (κ3) is 4.61. The normalized spacial score (nSPS) is 10.8. The molecule has 1 N–H and O–H groups in total. The molecular formula is C23H17ClFN3O3S. The van der Waals surface area contributed by atoms with Crippen LogP contribution in [0.1, 0.15) is 15.9 Å². The molecule has 0 unspecified atom stereocenters. The number of aromatic nitrogens is 3. The van der Waals surface area contributed by atoms with Crippen LogP contribution in [0, 0.1) is 5.82 Å². The molecule has 4 rings (SSSR count). The SMILES string of the molecule is COc1ccc(-c2nnc(SCc3ccc(F)cc3Cl)n2-c2ccc(C(=O)O)cc2)cc1. The first-order valence-electron chi connectivity index (χ1n) is 9.46. The summed E-state index contributed by atoms with van der Waals surface area (Å²) < 4.78 is 20.4. The van der Waals surface area contributed by atoms with Crippen molar-refractivity contribution >= 4 is 29.3 Å². The Morgan fingerprint density at radius 3 is 2.44 bits per heavy atom. The van der Waals surface area contributed by atoms with E-state index in [-0.39, 0.29) is 5.56 Å². The minimum Gasteiger partial charge on any atom is -0.497 e. The molecule has 0 saturated heterocycles. The summed E-state index contributed by atoms with van der Waals surface area (Å²) in [5, 5.41) is 18.8. The van der Waals surface area contributed by atoms with Gasteiger partial charge >= 0.3 is 5.97 Å². The first kappa shape index (κ1) is 21.9. The molecule has 3 aromatic carbocycles. The highest BCUT2D eigenvalue weighted by Crippen LogP contribution is 2.32. The van der Waals surface area contributed by atoms with Gasteiger partial charge in [-0.25, -0.2) is 9.18 Å². The molecule has 0 aliphatic carbocycles. The number of rotatable bonds is 7. The molecule has 32 heavy (non-hydrogen) atoms. The third-order valence-corrected chi connectivity index (χ3v) is 6.06. The summed E-state index contributed by atoms with van der Waals surface area (Å²) in [6.07, 6.45) is 0. The number of methoxy groups -OCH3 is 1. The number of ether oxygens (including phenoxy) is 1. The molecule has 0 bridgehead atoms. The Labute approximate surface area is 192 Å². The second-order valence-electron chi connectivity index (χ2n) is 6.75. The van der Waals surface area contributed by atoms with Gasteiger partial charge in [-0.15, -0.1) is 10.2 Å². The van der Waals surface area contributed by atoms with E-state index in [1.807, 2.05) is 28.8 Å². The van der Waals surface area contributed by atoms with Gasteiger partial charge in [0.05, 0.1) is 12.7 Å². The third-order valence-electron chi connectivity index (χ3n) is 4.73. The fourth-order valence-electron chi connectivity index (χ4n) is 3.06. The molecule has 0 amide bonds. The lowest BCUT2D eigenvalue weighted by Gasteiger charge is -2.11. The van der Waals surface area contributed by atoms with Crippen molar-refractivity contribution in [3.05, 3.63) is 88.7 Å². The van der Waals surface area contributed by atoms with Gasteiger partial charge in [-0.1, -0.05) is 29.4 Å². The number of nitrogens with zero attached hydrogens (tertiary/aromatic N) is 3. The lowest BCUT2D eigenvalue weighted by Crippen LogP contribution is -2.02. The van der Waals surface area contributed by atoms with Gasteiger partial charge in [0.15, 0.2) is 11.0 Å². The van der Waals surface area contributed by atoms with Crippen molar-refractivity contribution < 1.29 is 19.0 Å². The largest absolute Gasteiger partial charge is 0.497 e. The minimum atomic E-state index is -1.00. The molecule has 0 aliphatic rings. The number of aromatic carboxylic acids is 1. The topological polar surface area (TPSA) is 77.2 Å². The van der Waals surface area contributed by atoms with E-state index in [9.17, 15) is 14.3 Å². The smallest absolute Gasteiger partial charge is 0.335 e. The van der Waals surface area contributed by atoms with Crippen LogP contribution >= 0.6 is 23.4 Å². The Kier molecular flexibility index (Phi) is 6.43. The van der Waals surface area contributed by atoms with E-state index in [1.165, 1.54) is 36.0 Å². The number of carboxylic acids is 1. The zero-order valence-electron chi connectivity index (χ0n) is 16.8. The lowest BCUT2D eigenvalue weighted by atomic mass is 10.2. The molecular weight excluding hydrogens is 453 g/mol. The highest BCUT2D eigenvalue weighted by Gasteiger charge is 2.17. The summed E-state index contributed by atoms with van der Waals surface area (Å²) >= 11 is 7.56. The van der Waals surface area contributed by atoms with Crippen LogP contribution in [-0.4, -0.2) is 33.0 Å². The molecule has 0 aliphatic heterocycles. The first-order chi connectivity index (χ1) is 15.5. The van der Waals surface area contributed by atoms with Crippen LogP contribution in [0.4, 0.5) is 4.39 Å². The first-order valence-corrected chi connectivity index (χ1v) is 10.8. The Hall–Kier alpha value is -3.36. The van der Waals surface area contributed by atoms with Crippen molar-refractivity contribution in [3.63, 3.8) is 0 Å². The van der Waals surface area contributed by atoms with Crippen LogP contribution in [0.15, 0.2) is 71.9 Å². The highest BCUT2D eigenvalue weighted by molar-refractivity contribution is 7.98. The van der Waals surface area contributed by atoms with Gasteiger partial charge in [-0.05, 0) is 66.2 Å². The average molecular weight is 470 g/mol. The maximum atomic E-state index is 13.4. The molecule has 0 radical (unpaired) electrons. The number of thioether (sulfide) groups is 1. The molecule has 6 nitrogen and oxygen atoms in total. The highest BCUT2D eigenvalue weighted by atomic mass is 35.5. The van der Waals surface area contributed by atoms with Crippen LogP contribution < -0.4 is 4.74 Å². The van der Waals surface area contributed by atoms with Gasteiger partial charge in [0, 0.05) is 22.0 Å². The summed E-state index contributed by atoms with van der Waals surface area (Å²) in [5.74, 6) is 0.352. The quantitative estimate of drug-likeness (QED) is 0.348. The Balaban J connectivity index is 1.73. The van der Waals surface area contributed by atoms with Crippen molar-refractivity contribution in [1.82, 2.24) is 14.8 Å². The molecule has 162 valence electrons. The van der Waals surface area contributed by atoms with Crippen LogP contribution in [0.2, 0.25) is 5.02 Å². The number of carboxylic acid groups (broad SMARTS) is 1. The summed E-state index contributed by atoms with van der Waals surface area (Å²) in [5.41, 5.74) is 2.46. The second kappa shape index (κ2) is 9.42. The Bertz CT molecular complexity index is 1260. The molecule has 1 aromatic heterocycles. The average Bonchev–Trinajstić information content (AvgIpc) is 3.22. The summed E-state index contributed by atoms with van der Waals surface area (Å²) in [7, 11) is 1.59. The monoisotopic (exact) mass is 469 g/mol. The maximum Gasteiger partial charge on any atom is 0.335 e. The fraction of sp³-hybridized carbons (Fsp3) is 0.0870. The molecule has 1 heterocycles. The van der Waals surface area contributed by atoms with E-state index >= 15 is 0 Å². The number of halogens is 2. The second-order valence-corrected chi connectivity index (χ2v) is 8.10. The van der Waals surface area contributed by atoms with E-state index in [0.717, 1.165) is 11.1 Å². The molecule has 4 aromatic rings. The molecule has 0 fully saturated rings. The summed E-state index contributed by atoms with van der Waals surface area (Å²) in [4.78, 5) is 11.2. The molecule has 0 saturated carbocycles. The van der Waals surface area contributed by atoms with E-state index in [2.05, 4.69) is 10.2 Å². The number of carbonyl (C=O) groups is 1. The number of hydrogen-bond acceptors (Lipinski definition) is 5. The summed E-state index contributed by atoms with van der Waals surface area (Å²) in [6.45, 7) is 0. The Morgan fingerprint density at radius 2 is 1.81 bits per heavy atom. The van der Waals surface area contributed by atoms with Gasteiger partial charge in [0.2, 0.25) is 0 Å². The number of hydrogen-bond donors (Lipinski definition) is 1. The van der Waals surface area contributed by atoms with Gasteiger partial charge in [0.1, 0.15) is 11.6 Å². The van der Waals surface area contributed by atoms with E-state index in [1.54, 1.807) is 25.3 Å². The van der Waals surface area contributed by atoms with Gasteiger partial charge < -0.3 is 9.84 Å². The van der Waals surface area contributed by atoms with Crippen LogP contribution in [-0.2, 0) is 5.75 Å².